The molecule has 3 aromatic carbocycles. The average molecular weight is 678 g/mol. The van der Waals surface area contributed by atoms with Crippen LogP contribution < -0.4 is 14.8 Å². The number of ether oxygens (including phenoxy) is 2. The lowest BCUT2D eigenvalue weighted by Crippen LogP contribution is -2.73. The highest BCUT2D eigenvalue weighted by Crippen LogP contribution is 2.39. The number of carboxylic acid groups (broad SMARTS) is 1. The zero-order chi connectivity index (χ0) is 33.0. The summed E-state index contributed by atoms with van der Waals surface area (Å²) in [4.78, 5) is 43.5. The van der Waals surface area contributed by atoms with E-state index in [1.165, 1.54) is 19.2 Å². The van der Waals surface area contributed by atoms with E-state index in [2.05, 4.69) is 10.2 Å². The number of carbonyl (C=O) groups excluding carboxylic acids is 2. The second kappa shape index (κ2) is 15.0. The van der Waals surface area contributed by atoms with E-state index in [0.717, 1.165) is 30.4 Å². The number of hydrogen-bond acceptors (Lipinski definition) is 7. The number of nitrogens with one attached hydrogen (secondary N) is 1. The number of aromatic carboxylic acids is 1. The van der Waals surface area contributed by atoms with Gasteiger partial charge < -0.3 is 29.9 Å². The minimum atomic E-state index is -1.04. The topological polar surface area (TPSA) is 129 Å². The van der Waals surface area contributed by atoms with Crippen molar-refractivity contribution in [1.29, 1.82) is 0 Å². The molecule has 1 atom stereocenters. The van der Waals surface area contributed by atoms with Crippen molar-refractivity contribution in [3.63, 3.8) is 0 Å². The van der Waals surface area contributed by atoms with Gasteiger partial charge in [-0.3, -0.25) is 14.5 Å². The van der Waals surface area contributed by atoms with E-state index in [1.54, 1.807) is 11.0 Å². The van der Waals surface area contributed by atoms with Crippen LogP contribution in [-0.2, 0) is 22.7 Å². The zero-order valence-corrected chi connectivity index (χ0v) is 28.0. The Morgan fingerprint density at radius 3 is 2.19 bits per heavy atom. The summed E-state index contributed by atoms with van der Waals surface area (Å²) < 4.78 is 11.3. The van der Waals surface area contributed by atoms with Gasteiger partial charge in [0.2, 0.25) is 11.8 Å². The summed E-state index contributed by atoms with van der Waals surface area (Å²) in [6, 6.07) is 21.2. The summed E-state index contributed by atoms with van der Waals surface area (Å²) in [6.07, 6.45) is 5.57. The molecule has 0 radical (unpaired) electrons. The third-order valence-corrected chi connectivity index (χ3v) is 10.0. The standard InChI is InChI=1S/C37H43N3O7.ClH/c1-46-32-22-28(34(42)43)12-15-31(32)47-29-13-10-27(11-14-29)24-39-20-18-37(19-21-39)35(44)38-30(23-36(45)16-6-3-7-17-36)33(41)40(37)25-26-8-4-2-5-9-26;/h2,4-5,8-15,22,30,45H,3,6-7,16-21,23-25H2,1H3,(H,38,44)(H,42,43);1H/t30-;/m1./s1. The molecule has 1 aliphatic carbocycles. The van der Waals surface area contributed by atoms with Gasteiger partial charge in [0.25, 0.3) is 0 Å². The average Bonchev–Trinajstić information content (AvgIpc) is 3.08. The van der Waals surface area contributed by atoms with Gasteiger partial charge in [-0.25, -0.2) is 4.79 Å². The molecule has 3 fully saturated rings. The number of nitrogens with zero attached hydrogens (tertiary/aromatic N) is 2. The summed E-state index contributed by atoms with van der Waals surface area (Å²) >= 11 is 0. The molecule has 0 bridgehead atoms. The fourth-order valence-corrected chi connectivity index (χ4v) is 7.31. The Kier molecular flexibility index (Phi) is 11.0. The van der Waals surface area contributed by atoms with Crippen molar-refractivity contribution in [2.45, 2.75) is 81.6 Å². The van der Waals surface area contributed by atoms with Crippen molar-refractivity contribution in [2.24, 2.45) is 0 Å². The van der Waals surface area contributed by atoms with Crippen LogP contribution in [0.25, 0.3) is 0 Å². The maximum absolute atomic E-state index is 14.1. The second-order valence-corrected chi connectivity index (χ2v) is 13.1. The first-order valence-electron chi connectivity index (χ1n) is 16.5. The number of hydrogen-bond donors (Lipinski definition) is 3. The summed E-state index contributed by atoms with van der Waals surface area (Å²) in [7, 11) is 1.47. The number of benzene rings is 3. The van der Waals surface area contributed by atoms with Gasteiger partial charge in [-0.2, -0.15) is 0 Å². The number of aliphatic hydroxyl groups is 1. The van der Waals surface area contributed by atoms with Crippen LogP contribution in [0.2, 0.25) is 0 Å². The molecule has 2 heterocycles. The minimum Gasteiger partial charge on any atom is -0.493 e. The van der Waals surface area contributed by atoms with Crippen LogP contribution in [0.3, 0.4) is 0 Å². The number of likely N-dealkylation sites (tertiary alicyclic amines) is 1. The van der Waals surface area contributed by atoms with Gasteiger partial charge in [-0.1, -0.05) is 61.7 Å². The predicted octanol–water partition coefficient (Wildman–Crippen LogP) is 5.55. The molecular weight excluding hydrogens is 634 g/mol. The first-order chi connectivity index (χ1) is 22.7. The molecule has 1 spiro atoms. The Labute approximate surface area is 287 Å². The maximum Gasteiger partial charge on any atom is 0.335 e. The van der Waals surface area contributed by atoms with E-state index in [1.807, 2.05) is 54.6 Å². The van der Waals surface area contributed by atoms with Crippen LogP contribution in [0.1, 0.15) is 72.9 Å². The van der Waals surface area contributed by atoms with E-state index in [-0.39, 0.29) is 36.2 Å². The van der Waals surface area contributed by atoms with E-state index >= 15 is 0 Å². The van der Waals surface area contributed by atoms with E-state index in [4.69, 9.17) is 9.47 Å². The van der Waals surface area contributed by atoms with Gasteiger partial charge in [-0.05, 0) is 67.1 Å². The van der Waals surface area contributed by atoms with E-state index in [0.29, 0.717) is 69.1 Å². The number of carbonyl (C=O) groups is 3. The Balaban J connectivity index is 0.00000451. The molecule has 0 unspecified atom stereocenters. The van der Waals surface area contributed by atoms with Crippen LogP contribution >= 0.6 is 12.4 Å². The van der Waals surface area contributed by atoms with Crippen LogP contribution in [0.5, 0.6) is 17.2 Å². The molecule has 6 rings (SSSR count). The van der Waals surface area contributed by atoms with Crippen LogP contribution in [-0.4, -0.2) is 75.2 Å². The zero-order valence-electron chi connectivity index (χ0n) is 27.2. The molecule has 2 saturated heterocycles. The SMILES string of the molecule is COc1cc(C(=O)O)ccc1Oc1ccc(CN2CCC3(CC2)C(=O)N[C@H](CC2(O)CCCCC2)C(=O)N3Cc2ccccc2)cc1.Cl. The van der Waals surface area contributed by atoms with Crippen LogP contribution in [0.4, 0.5) is 0 Å². The smallest absolute Gasteiger partial charge is 0.335 e. The quantitative estimate of drug-likeness (QED) is 0.255. The van der Waals surface area contributed by atoms with Crippen molar-refractivity contribution in [1.82, 2.24) is 15.1 Å². The van der Waals surface area contributed by atoms with Gasteiger partial charge in [0.05, 0.1) is 18.3 Å². The Morgan fingerprint density at radius 1 is 0.875 bits per heavy atom. The lowest BCUT2D eigenvalue weighted by molar-refractivity contribution is -0.164. The molecule has 10 nitrogen and oxygen atoms in total. The first-order valence-corrected chi connectivity index (χ1v) is 16.5. The van der Waals surface area contributed by atoms with Gasteiger partial charge in [0, 0.05) is 32.6 Å². The third-order valence-electron chi connectivity index (χ3n) is 10.0. The fraction of sp³-hybridized carbons (Fsp3) is 0.432. The Morgan fingerprint density at radius 2 is 1.54 bits per heavy atom. The Bertz CT molecular complexity index is 1590. The molecule has 11 heteroatoms. The third kappa shape index (κ3) is 7.61. The van der Waals surface area contributed by atoms with Crippen molar-refractivity contribution in [3.8, 4) is 17.2 Å². The van der Waals surface area contributed by atoms with Crippen molar-refractivity contribution < 1.29 is 34.1 Å². The lowest BCUT2D eigenvalue weighted by Gasteiger charge is -2.52. The lowest BCUT2D eigenvalue weighted by atomic mass is 9.77. The number of rotatable bonds is 10. The monoisotopic (exact) mass is 677 g/mol. The maximum atomic E-state index is 14.1. The number of piperidine rings is 1. The highest BCUT2D eigenvalue weighted by atomic mass is 35.5. The van der Waals surface area contributed by atoms with Crippen molar-refractivity contribution in [3.05, 3.63) is 89.5 Å². The molecule has 2 aliphatic heterocycles. The first kappa shape index (κ1) is 35.2. The number of piperazine rings is 1. The Hall–Kier alpha value is -4.12. The van der Waals surface area contributed by atoms with Crippen molar-refractivity contribution >= 4 is 30.2 Å². The van der Waals surface area contributed by atoms with E-state index in [9.17, 15) is 24.6 Å². The van der Waals surface area contributed by atoms with Crippen molar-refractivity contribution in [2.75, 3.05) is 20.2 Å². The highest BCUT2D eigenvalue weighted by molar-refractivity contribution is 6.00. The summed E-state index contributed by atoms with van der Waals surface area (Å²) in [6.45, 7) is 2.32. The van der Waals surface area contributed by atoms with Gasteiger partial charge in [0.1, 0.15) is 17.3 Å². The van der Waals surface area contributed by atoms with E-state index < -0.39 is 23.2 Å². The summed E-state index contributed by atoms with van der Waals surface area (Å²) in [5.74, 6) is 0.0761. The number of halogens is 1. The molecule has 1 saturated carbocycles. The highest BCUT2D eigenvalue weighted by Gasteiger charge is 2.54. The molecule has 48 heavy (non-hydrogen) atoms. The number of methoxy groups -OCH3 is 1. The molecule has 2 amide bonds. The van der Waals surface area contributed by atoms with Gasteiger partial charge >= 0.3 is 5.97 Å². The summed E-state index contributed by atoms with van der Waals surface area (Å²) in [5, 5.41) is 23.6. The molecular formula is C37H44ClN3O7. The van der Waals surface area contributed by atoms with Crippen LogP contribution in [0.15, 0.2) is 72.8 Å². The molecule has 3 N–H and O–H groups in total. The molecule has 0 aromatic heterocycles. The van der Waals surface area contributed by atoms with Crippen LogP contribution in [0, 0.1) is 0 Å². The molecule has 256 valence electrons. The van der Waals surface area contributed by atoms with Gasteiger partial charge in [-0.15, -0.1) is 12.4 Å². The number of carboxylic acids is 1. The normalized spacial score (nSPS) is 20.5. The molecule has 3 aromatic rings. The number of amides is 2. The predicted molar refractivity (Wildman–Crippen MR) is 183 cm³/mol. The fourth-order valence-electron chi connectivity index (χ4n) is 7.31. The largest absolute Gasteiger partial charge is 0.493 e. The minimum absolute atomic E-state index is 0. The second-order valence-electron chi connectivity index (χ2n) is 13.1. The molecule has 3 aliphatic rings. The summed E-state index contributed by atoms with van der Waals surface area (Å²) in [5.41, 5.74) is 0.305. The van der Waals surface area contributed by atoms with Gasteiger partial charge in [0.15, 0.2) is 11.5 Å².